The van der Waals surface area contributed by atoms with Crippen molar-refractivity contribution < 1.29 is 0 Å². The van der Waals surface area contributed by atoms with E-state index < -0.39 is 0 Å². The average molecular weight is 431 g/mol. The van der Waals surface area contributed by atoms with Gasteiger partial charge in [0.25, 0.3) is 0 Å². The lowest BCUT2D eigenvalue weighted by molar-refractivity contribution is 0.218. The molecule has 2 aromatic heterocycles. The summed E-state index contributed by atoms with van der Waals surface area (Å²) in [5.41, 5.74) is 4.72. The van der Waals surface area contributed by atoms with Gasteiger partial charge >= 0.3 is 5.69 Å². The molecule has 2 atom stereocenters. The number of imidazole rings is 1. The number of benzene rings is 1. The van der Waals surface area contributed by atoms with Gasteiger partial charge in [-0.1, -0.05) is 26.8 Å². The Kier molecular flexibility index (Phi) is 4.95. The number of nitriles is 1. The second-order valence-electron chi connectivity index (χ2n) is 10.4. The summed E-state index contributed by atoms with van der Waals surface area (Å²) in [6.07, 6.45) is 1.22. The number of rotatable bonds is 4. The molecule has 5 rings (SSSR count). The molecule has 2 saturated heterocycles. The summed E-state index contributed by atoms with van der Waals surface area (Å²) in [5, 5.41) is 13.3. The first kappa shape index (κ1) is 20.9. The molecule has 2 aliphatic rings. The van der Waals surface area contributed by atoms with Gasteiger partial charge in [-0.3, -0.25) is 14.0 Å². The monoisotopic (exact) mass is 430 g/mol. The number of likely N-dealkylation sites (tertiary alicyclic amines) is 1. The fourth-order valence-electron chi connectivity index (χ4n) is 5.12. The number of nitrogens with one attached hydrogen (secondary N) is 1. The normalized spacial score (nSPS) is 20.8. The smallest absolute Gasteiger partial charge is 0.311 e. The Labute approximate surface area is 188 Å². The Morgan fingerprint density at radius 1 is 1.25 bits per heavy atom. The van der Waals surface area contributed by atoms with Gasteiger partial charge in [-0.05, 0) is 41.7 Å². The van der Waals surface area contributed by atoms with Crippen LogP contribution in [-0.2, 0) is 20.1 Å². The van der Waals surface area contributed by atoms with Gasteiger partial charge in [-0.15, -0.1) is 0 Å². The molecular weight excluding hydrogens is 400 g/mol. The van der Waals surface area contributed by atoms with Crippen LogP contribution >= 0.6 is 0 Å². The van der Waals surface area contributed by atoms with Gasteiger partial charge in [0.1, 0.15) is 0 Å². The maximum atomic E-state index is 12.9. The summed E-state index contributed by atoms with van der Waals surface area (Å²) < 4.78 is 3.40. The molecule has 0 radical (unpaired) electrons. The van der Waals surface area contributed by atoms with E-state index in [9.17, 15) is 10.1 Å². The minimum Gasteiger partial charge on any atom is -0.311 e. The Bertz CT molecular complexity index is 1290. The van der Waals surface area contributed by atoms with Gasteiger partial charge in [0.05, 0.1) is 22.8 Å². The first-order chi connectivity index (χ1) is 15.2. The van der Waals surface area contributed by atoms with Crippen LogP contribution in [0.1, 0.15) is 38.3 Å². The molecule has 2 fully saturated rings. The third kappa shape index (κ3) is 3.64. The zero-order chi connectivity index (χ0) is 22.6. The van der Waals surface area contributed by atoms with Gasteiger partial charge in [0.15, 0.2) is 5.65 Å². The highest BCUT2D eigenvalue weighted by Crippen LogP contribution is 2.29. The maximum Gasteiger partial charge on any atom is 0.330 e. The van der Waals surface area contributed by atoms with Gasteiger partial charge in [0.2, 0.25) is 0 Å². The lowest BCUT2D eigenvalue weighted by atomic mass is 9.97. The van der Waals surface area contributed by atoms with Crippen molar-refractivity contribution in [2.24, 2.45) is 12.5 Å². The Balaban J connectivity index is 1.53. The molecule has 0 saturated carbocycles. The SMILES string of the molecule is Cn1c(=O)n(CC(C)(C)C)c2ccc(-c3cc(CN4C[C@@H]5C[C@H]4CN5)ccc3C#N)nc21. The summed E-state index contributed by atoms with van der Waals surface area (Å²) >= 11 is 0. The van der Waals surface area contributed by atoms with Crippen LogP contribution in [0.3, 0.4) is 0 Å². The van der Waals surface area contributed by atoms with E-state index in [4.69, 9.17) is 4.98 Å². The summed E-state index contributed by atoms with van der Waals surface area (Å²) in [5.74, 6) is 0. The van der Waals surface area contributed by atoms with Crippen LogP contribution in [0.15, 0.2) is 35.1 Å². The number of fused-ring (bicyclic) bond motifs is 3. The maximum absolute atomic E-state index is 12.9. The molecule has 4 heterocycles. The van der Waals surface area contributed by atoms with E-state index in [1.165, 1.54) is 12.0 Å². The number of hydrogen-bond donors (Lipinski definition) is 1. The van der Waals surface area contributed by atoms with Crippen LogP contribution in [0, 0.1) is 16.7 Å². The molecule has 2 aliphatic heterocycles. The average Bonchev–Trinajstić information content (AvgIpc) is 3.44. The molecule has 32 heavy (non-hydrogen) atoms. The van der Waals surface area contributed by atoms with E-state index in [1.54, 1.807) is 16.2 Å². The van der Waals surface area contributed by atoms with E-state index in [0.29, 0.717) is 29.8 Å². The van der Waals surface area contributed by atoms with Crippen molar-refractivity contribution in [3.05, 3.63) is 51.9 Å². The van der Waals surface area contributed by atoms with Crippen LogP contribution in [0.5, 0.6) is 0 Å². The van der Waals surface area contributed by atoms with Gasteiger partial charge < -0.3 is 5.32 Å². The lowest BCUT2D eigenvalue weighted by Crippen LogP contribution is -2.42. The largest absolute Gasteiger partial charge is 0.330 e. The number of pyridine rings is 1. The molecule has 1 N–H and O–H groups in total. The molecule has 0 spiro atoms. The number of aromatic nitrogens is 3. The second-order valence-corrected chi connectivity index (χ2v) is 10.4. The van der Waals surface area contributed by atoms with Crippen molar-refractivity contribution in [1.82, 2.24) is 24.3 Å². The molecule has 2 bridgehead atoms. The summed E-state index contributed by atoms with van der Waals surface area (Å²) in [6, 6.07) is 13.5. The molecule has 166 valence electrons. The van der Waals surface area contributed by atoms with Crippen LogP contribution in [0.2, 0.25) is 0 Å². The van der Waals surface area contributed by atoms with Crippen LogP contribution in [0.4, 0.5) is 0 Å². The molecule has 7 heteroatoms. The second kappa shape index (κ2) is 7.58. The zero-order valence-corrected chi connectivity index (χ0v) is 19.2. The molecule has 0 amide bonds. The van der Waals surface area contributed by atoms with Crippen molar-refractivity contribution >= 4 is 11.2 Å². The highest BCUT2D eigenvalue weighted by Gasteiger charge is 2.37. The van der Waals surface area contributed by atoms with E-state index in [-0.39, 0.29) is 11.1 Å². The summed E-state index contributed by atoms with van der Waals surface area (Å²) in [4.78, 5) is 20.2. The van der Waals surface area contributed by atoms with Crippen LogP contribution in [0.25, 0.3) is 22.4 Å². The first-order valence-corrected chi connectivity index (χ1v) is 11.3. The number of hydrogen-bond acceptors (Lipinski definition) is 5. The highest BCUT2D eigenvalue weighted by atomic mass is 16.1. The van der Waals surface area contributed by atoms with Crippen molar-refractivity contribution in [1.29, 1.82) is 5.26 Å². The van der Waals surface area contributed by atoms with Gasteiger partial charge in [0, 0.05) is 50.9 Å². The van der Waals surface area contributed by atoms with Crippen molar-refractivity contribution in [3.8, 4) is 17.3 Å². The molecule has 0 aliphatic carbocycles. The minimum atomic E-state index is -0.0634. The first-order valence-electron chi connectivity index (χ1n) is 11.3. The third-order valence-electron chi connectivity index (χ3n) is 6.65. The molecule has 3 aromatic rings. The standard InChI is InChI=1S/C25H30N6O/c1-25(2,3)15-31-22-8-7-21(28-23(22)29(4)24(31)32)20-9-16(5-6-17(20)11-26)13-30-14-18-10-19(30)12-27-18/h5-9,18-19,27H,10,12-15H2,1-4H3/t18-,19-/m0/s1. The fraction of sp³-hybridized carbons (Fsp3) is 0.480. The minimum absolute atomic E-state index is 0.0242. The van der Waals surface area contributed by atoms with E-state index in [2.05, 4.69) is 49.2 Å². The summed E-state index contributed by atoms with van der Waals surface area (Å²) in [6.45, 7) is 9.99. The third-order valence-corrected chi connectivity index (χ3v) is 6.65. The highest BCUT2D eigenvalue weighted by molar-refractivity contribution is 5.78. The van der Waals surface area contributed by atoms with Gasteiger partial charge in [-0.2, -0.15) is 5.26 Å². The lowest BCUT2D eigenvalue weighted by Gasteiger charge is -2.27. The predicted octanol–water partition coefficient (Wildman–Crippen LogP) is 2.87. The van der Waals surface area contributed by atoms with Gasteiger partial charge in [-0.25, -0.2) is 9.78 Å². The van der Waals surface area contributed by atoms with Crippen molar-refractivity contribution in [2.75, 3.05) is 13.1 Å². The molecule has 0 unspecified atom stereocenters. The zero-order valence-electron chi connectivity index (χ0n) is 19.2. The quantitative estimate of drug-likeness (QED) is 0.689. The van der Waals surface area contributed by atoms with Crippen molar-refractivity contribution in [2.45, 2.75) is 52.4 Å². The number of nitrogens with zero attached hydrogens (tertiary/aromatic N) is 5. The number of aryl methyl sites for hydroxylation is 1. The van der Waals surface area contributed by atoms with E-state index in [1.807, 2.05) is 18.2 Å². The van der Waals surface area contributed by atoms with Crippen molar-refractivity contribution in [3.63, 3.8) is 0 Å². The van der Waals surface area contributed by atoms with Crippen LogP contribution in [-0.4, -0.2) is 44.2 Å². The Morgan fingerprint density at radius 2 is 2.06 bits per heavy atom. The fourth-order valence-corrected chi connectivity index (χ4v) is 5.12. The molecular formula is C25H30N6O. The van der Waals surface area contributed by atoms with E-state index >= 15 is 0 Å². The Hall–Kier alpha value is -2.95. The van der Waals surface area contributed by atoms with E-state index in [0.717, 1.165) is 36.4 Å². The molecule has 1 aromatic carbocycles. The molecule has 7 nitrogen and oxygen atoms in total. The van der Waals surface area contributed by atoms with Crippen LogP contribution < -0.4 is 11.0 Å². The topological polar surface area (TPSA) is 78.9 Å². The predicted molar refractivity (Wildman–Crippen MR) is 125 cm³/mol. The summed E-state index contributed by atoms with van der Waals surface area (Å²) in [7, 11) is 1.76. The number of piperazine rings is 1. The Morgan fingerprint density at radius 3 is 2.72 bits per heavy atom.